The predicted molar refractivity (Wildman–Crippen MR) is 155 cm³/mol. The first-order valence-electron chi connectivity index (χ1n) is 11.9. The smallest absolute Gasteiger partial charge is 0.272 e. The number of nitrogens with one attached hydrogen (secondary N) is 3. The largest absolute Gasteiger partial charge is 0.380 e. The van der Waals surface area contributed by atoms with E-state index in [-0.39, 0.29) is 24.1 Å². The van der Waals surface area contributed by atoms with Crippen molar-refractivity contribution < 1.29 is 14.3 Å². The molecular formula is C23H30IN11O4. The van der Waals surface area contributed by atoms with Crippen LogP contribution in [0.25, 0.3) is 5.69 Å². The van der Waals surface area contributed by atoms with Crippen molar-refractivity contribution in [1.29, 1.82) is 0 Å². The highest BCUT2D eigenvalue weighted by Crippen LogP contribution is 2.34. The molecule has 3 aromatic rings. The van der Waals surface area contributed by atoms with E-state index in [2.05, 4.69) is 74.0 Å². The van der Waals surface area contributed by atoms with Gasteiger partial charge in [-0.2, -0.15) is 24.7 Å². The first-order chi connectivity index (χ1) is 18.8. The van der Waals surface area contributed by atoms with Gasteiger partial charge in [0.2, 0.25) is 5.95 Å². The zero-order valence-electron chi connectivity index (χ0n) is 22.1. The fourth-order valence-corrected chi connectivity index (χ4v) is 3.77. The Bertz CT molecular complexity index is 1270. The first kappa shape index (κ1) is 29.9. The number of hydrogen-bond acceptors (Lipinski definition) is 14. The molecule has 0 aliphatic heterocycles. The number of nitroso groups, excluding NO2 is 1. The number of benzene rings is 1. The summed E-state index contributed by atoms with van der Waals surface area (Å²) < 4.78 is 12.9. The molecule has 3 atom stereocenters. The van der Waals surface area contributed by atoms with Crippen LogP contribution in [0.4, 0.5) is 34.9 Å². The maximum Gasteiger partial charge on any atom is 0.272 e. The Labute approximate surface area is 238 Å². The predicted octanol–water partition coefficient (Wildman–Crippen LogP) is 4.37. The van der Waals surface area contributed by atoms with Gasteiger partial charge in [0.25, 0.3) is 5.95 Å². The number of carbonyl (C=O) groups excluding carboxylic acids is 1. The van der Waals surface area contributed by atoms with Gasteiger partial charge in [-0.25, -0.2) is 0 Å². The summed E-state index contributed by atoms with van der Waals surface area (Å²) in [6.45, 7) is 6.32. The third kappa shape index (κ3) is 8.17. The molecule has 16 heteroatoms. The minimum Gasteiger partial charge on any atom is -0.380 e. The van der Waals surface area contributed by atoms with Gasteiger partial charge in [0.05, 0.1) is 23.9 Å². The van der Waals surface area contributed by atoms with E-state index in [1.807, 2.05) is 13.8 Å². The monoisotopic (exact) mass is 651 g/mol. The number of methoxy groups -OCH3 is 2. The summed E-state index contributed by atoms with van der Waals surface area (Å²) in [5.41, 5.74) is 1.24. The van der Waals surface area contributed by atoms with Gasteiger partial charge in [0, 0.05) is 30.9 Å². The normalized spacial score (nSPS) is 13.6. The van der Waals surface area contributed by atoms with Gasteiger partial charge in [-0.3, -0.25) is 0 Å². The molecule has 2 aromatic heterocycles. The zero-order valence-corrected chi connectivity index (χ0v) is 24.3. The fraction of sp³-hybridized carbons (Fsp3) is 0.435. The summed E-state index contributed by atoms with van der Waals surface area (Å²) in [5, 5.41) is 25.4. The Balaban J connectivity index is 2.07. The summed E-state index contributed by atoms with van der Waals surface area (Å²) in [6.07, 6.45) is 1.84. The molecule has 3 N–H and O–H groups in total. The minimum absolute atomic E-state index is 0.131. The molecule has 15 nitrogen and oxygen atoms in total. The van der Waals surface area contributed by atoms with Crippen molar-refractivity contribution in [2.75, 3.05) is 43.3 Å². The molecule has 3 unspecified atom stereocenters. The Kier molecular flexibility index (Phi) is 11.1. The lowest BCUT2D eigenvalue weighted by atomic mass is 10.3. The van der Waals surface area contributed by atoms with Crippen LogP contribution in [0.5, 0.6) is 0 Å². The van der Waals surface area contributed by atoms with Crippen molar-refractivity contribution in [3.05, 3.63) is 33.0 Å². The number of hydrogen-bond donors (Lipinski definition) is 3. The van der Waals surface area contributed by atoms with Gasteiger partial charge < -0.3 is 30.2 Å². The molecule has 2 heterocycles. The summed E-state index contributed by atoms with van der Waals surface area (Å²) >= 11 is 2.08. The van der Waals surface area contributed by atoms with Gasteiger partial charge >= 0.3 is 0 Å². The Morgan fingerprint density at radius 3 is 2.23 bits per heavy atom. The second kappa shape index (κ2) is 14.5. The summed E-state index contributed by atoms with van der Waals surface area (Å²) in [4.78, 5) is 35.4. The van der Waals surface area contributed by atoms with Crippen LogP contribution in [0.3, 0.4) is 0 Å². The van der Waals surface area contributed by atoms with Crippen LogP contribution in [0.2, 0.25) is 0 Å². The van der Waals surface area contributed by atoms with Crippen LogP contribution in [-0.2, 0) is 14.3 Å². The zero-order chi connectivity index (χ0) is 28.4. The molecule has 0 amide bonds. The average Bonchev–Trinajstić information content (AvgIpc) is 3.41. The molecule has 39 heavy (non-hydrogen) atoms. The van der Waals surface area contributed by atoms with E-state index in [9.17, 15) is 9.70 Å². The maximum atomic E-state index is 11.2. The van der Waals surface area contributed by atoms with E-state index in [0.717, 1.165) is 9.86 Å². The van der Waals surface area contributed by atoms with E-state index < -0.39 is 6.04 Å². The fourth-order valence-electron chi connectivity index (χ4n) is 3.04. The van der Waals surface area contributed by atoms with Gasteiger partial charge in [-0.1, -0.05) is 0 Å². The second-order valence-corrected chi connectivity index (χ2v) is 9.58. The van der Waals surface area contributed by atoms with E-state index in [4.69, 9.17) is 9.47 Å². The quantitative estimate of drug-likeness (QED) is 0.0919. The van der Waals surface area contributed by atoms with Crippen molar-refractivity contribution >= 4 is 63.8 Å². The van der Waals surface area contributed by atoms with Crippen LogP contribution >= 0.6 is 22.6 Å². The lowest BCUT2D eigenvalue weighted by Gasteiger charge is -2.18. The molecule has 208 valence electrons. The minimum atomic E-state index is -0.518. The Morgan fingerprint density at radius 2 is 1.69 bits per heavy atom. The van der Waals surface area contributed by atoms with Crippen molar-refractivity contribution in [3.63, 3.8) is 0 Å². The third-order valence-corrected chi connectivity index (χ3v) is 6.26. The van der Waals surface area contributed by atoms with Crippen molar-refractivity contribution in [3.8, 4) is 5.69 Å². The van der Waals surface area contributed by atoms with E-state index >= 15 is 0 Å². The van der Waals surface area contributed by atoms with E-state index in [0.29, 0.717) is 41.8 Å². The average molecular weight is 651 g/mol. The molecule has 1 aromatic carbocycles. The Hall–Kier alpha value is -3.64. The maximum absolute atomic E-state index is 11.2. The number of aldehydes is 1. The number of aromatic nitrogens is 5. The molecule has 0 saturated heterocycles. The number of ether oxygens (including phenoxy) is 2. The topological polar surface area (TPSA) is 182 Å². The summed E-state index contributed by atoms with van der Waals surface area (Å²) in [7, 11) is 3.22. The van der Waals surface area contributed by atoms with Crippen molar-refractivity contribution in [2.45, 2.75) is 39.0 Å². The highest BCUT2D eigenvalue weighted by atomic mass is 127. The number of carbonyl (C=O) groups is 1. The van der Waals surface area contributed by atoms with Crippen LogP contribution in [0.15, 0.2) is 39.9 Å². The number of halogens is 1. The highest BCUT2D eigenvalue weighted by molar-refractivity contribution is 14.1. The van der Waals surface area contributed by atoms with Crippen molar-refractivity contribution in [1.82, 2.24) is 24.7 Å². The number of anilines is 3. The third-order valence-electron chi connectivity index (χ3n) is 5.40. The lowest BCUT2D eigenvalue weighted by Crippen LogP contribution is -2.23. The summed E-state index contributed by atoms with van der Waals surface area (Å²) in [6, 6.07) is 4.38. The molecule has 0 spiro atoms. The van der Waals surface area contributed by atoms with Crippen LogP contribution in [-0.4, -0.2) is 76.6 Å². The van der Waals surface area contributed by atoms with Crippen LogP contribution < -0.4 is 16.0 Å². The highest BCUT2D eigenvalue weighted by Gasteiger charge is 2.18. The SMILES string of the molecule is COC(C)CNc1nc(NC(C)C=O)nc(NCC(C)OC)c1N=Nc1ncnn1-c1ccc(N=O)cc1I. The van der Waals surface area contributed by atoms with Gasteiger partial charge in [-0.05, 0) is 66.7 Å². The van der Waals surface area contributed by atoms with Crippen LogP contribution in [0.1, 0.15) is 20.8 Å². The second-order valence-electron chi connectivity index (χ2n) is 8.42. The van der Waals surface area contributed by atoms with E-state index in [1.54, 1.807) is 39.3 Å². The standard InChI is InChI=1S/C23H30IN11O4/c1-13(11-36)29-22-30-20(25-9-14(2)38-4)19(21(31-22)26-10-15(3)39-5)32-33-23-27-12-28-35(23)18-7-6-16(34-37)8-17(18)24/h6-8,11-15H,9-10H2,1-5H3,(H3,25,26,29,30,31). The molecule has 0 aliphatic rings. The summed E-state index contributed by atoms with van der Waals surface area (Å²) in [5.74, 6) is 1.11. The number of nitrogens with zero attached hydrogens (tertiary/aromatic N) is 8. The molecular weight excluding hydrogens is 621 g/mol. The molecule has 3 rings (SSSR count). The number of azo groups is 1. The van der Waals surface area contributed by atoms with E-state index in [1.165, 1.54) is 11.0 Å². The van der Waals surface area contributed by atoms with Gasteiger partial charge in [-0.15, -0.1) is 15.1 Å². The molecule has 0 fully saturated rings. The molecule has 0 aliphatic carbocycles. The van der Waals surface area contributed by atoms with Gasteiger partial charge in [0.15, 0.2) is 17.3 Å². The first-order valence-corrected chi connectivity index (χ1v) is 13.0. The molecule has 0 saturated carbocycles. The number of rotatable bonds is 15. The molecule has 0 bridgehead atoms. The Morgan fingerprint density at radius 1 is 1.05 bits per heavy atom. The van der Waals surface area contributed by atoms with Crippen LogP contribution in [0, 0.1) is 8.48 Å². The molecule has 0 radical (unpaired) electrons. The van der Waals surface area contributed by atoms with Crippen molar-refractivity contribution in [2.24, 2.45) is 15.4 Å². The van der Waals surface area contributed by atoms with Gasteiger partial charge in [0.1, 0.15) is 18.3 Å². The lowest BCUT2D eigenvalue weighted by molar-refractivity contribution is -0.108.